The smallest absolute Gasteiger partial charge is 0.276 e. The minimum atomic E-state index is -0.551. The second kappa shape index (κ2) is 8.47. The zero-order valence-corrected chi connectivity index (χ0v) is 15.5. The van der Waals surface area contributed by atoms with Gasteiger partial charge in [0, 0.05) is 11.2 Å². The van der Waals surface area contributed by atoms with Crippen molar-refractivity contribution >= 4 is 23.7 Å². The van der Waals surface area contributed by atoms with Gasteiger partial charge in [-0.25, -0.2) is 5.43 Å². The van der Waals surface area contributed by atoms with E-state index in [0.717, 1.165) is 16.7 Å². The Balaban J connectivity index is 1.76. The minimum absolute atomic E-state index is 0.0291. The van der Waals surface area contributed by atoms with Crippen LogP contribution >= 0.6 is 11.6 Å². The van der Waals surface area contributed by atoms with Crippen molar-refractivity contribution in [3.8, 4) is 0 Å². The molecule has 1 aromatic heterocycles. The fourth-order valence-electron chi connectivity index (χ4n) is 2.62. The first-order valence-electron chi connectivity index (χ1n) is 8.37. The number of nitrogens with one attached hydrogen (secondary N) is 1. The van der Waals surface area contributed by atoms with Crippen LogP contribution in [0.3, 0.4) is 0 Å². The van der Waals surface area contributed by atoms with Crippen molar-refractivity contribution in [2.24, 2.45) is 5.10 Å². The molecule has 1 amide bonds. The lowest BCUT2D eigenvalue weighted by Gasteiger charge is -2.08. The molecule has 0 aliphatic rings. The third-order valence-electron chi connectivity index (χ3n) is 4.06. The van der Waals surface area contributed by atoms with E-state index in [9.17, 15) is 9.59 Å². The van der Waals surface area contributed by atoms with Crippen molar-refractivity contribution in [3.63, 3.8) is 0 Å². The number of carbonyl (C=O) groups excluding carboxylic acids is 1. The largest absolute Gasteiger partial charge is 0.310 e. The van der Waals surface area contributed by atoms with E-state index in [1.807, 2.05) is 43.3 Å². The minimum Gasteiger partial charge on any atom is -0.310 e. The van der Waals surface area contributed by atoms with Gasteiger partial charge in [-0.15, -0.1) is 0 Å². The van der Waals surface area contributed by atoms with Crippen molar-refractivity contribution in [1.29, 1.82) is 0 Å². The number of rotatable bonds is 5. The number of amides is 1. The fraction of sp³-hybridized carbons (Fsp3) is 0.0952. The number of hydrazone groups is 1. The molecule has 27 heavy (non-hydrogen) atoms. The Morgan fingerprint density at radius 1 is 1.15 bits per heavy atom. The molecule has 0 saturated heterocycles. The van der Waals surface area contributed by atoms with Crippen molar-refractivity contribution in [2.75, 3.05) is 0 Å². The fourth-order valence-corrected chi connectivity index (χ4v) is 2.83. The van der Waals surface area contributed by atoms with Gasteiger partial charge in [0.25, 0.3) is 11.5 Å². The predicted molar refractivity (Wildman–Crippen MR) is 107 cm³/mol. The van der Waals surface area contributed by atoms with Crippen LogP contribution in [0.1, 0.15) is 27.0 Å². The second-order valence-electron chi connectivity index (χ2n) is 6.04. The van der Waals surface area contributed by atoms with Gasteiger partial charge >= 0.3 is 0 Å². The van der Waals surface area contributed by atoms with Crippen LogP contribution < -0.4 is 11.0 Å². The van der Waals surface area contributed by atoms with Crippen LogP contribution in [0.4, 0.5) is 0 Å². The lowest BCUT2D eigenvalue weighted by molar-refractivity contribution is 0.0953. The van der Waals surface area contributed by atoms with Gasteiger partial charge in [-0.05, 0) is 47.9 Å². The summed E-state index contributed by atoms with van der Waals surface area (Å²) in [4.78, 5) is 24.9. The van der Waals surface area contributed by atoms with Crippen molar-refractivity contribution < 1.29 is 4.79 Å². The van der Waals surface area contributed by atoms with E-state index >= 15 is 0 Å². The van der Waals surface area contributed by atoms with Crippen molar-refractivity contribution in [2.45, 2.75) is 13.5 Å². The molecule has 6 heteroatoms. The Morgan fingerprint density at radius 3 is 2.74 bits per heavy atom. The quantitative estimate of drug-likeness (QED) is 0.543. The number of halogens is 1. The van der Waals surface area contributed by atoms with Crippen LogP contribution in [0.2, 0.25) is 5.02 Å². The van der Waals surface area contributed by atoms with E-state index in [2.05, 4.69) is 10.5 Å². The van der Waals surface area contributed by atoms with Gasteiger partial charge in [0.15, 0.2) is 0 Å². The summed E-state index contributed by atoms with van der Waals surface area (Å²) in [5.74, 6) is -0.551. The van der Waals surface area contributed by atoms with E-state index < -0.39 is 5.91 Å². The summed E-state index contributed by atoms with van der Waals surface area (Å²) in [5, 5.41) is 4.55. The molecule has 1 heterocycles. The first-order valence-corrected chi connectivity index (χ1v) is 8.75. The summed E-state index contributed by atoms with van der Waals surface area (Å²) in [6.07, 6.45) is 3.19. The van der Waals surface area contributed by atoms with Gasteiger partial charge in [0.1, 0.15) is 5.56 Å². The Hall–Kier alpha value is -3.18. The molecule has 0 unspecified atom stereocenters. The maximum atomic E-state index is 12.6. The normalized spacial score (nSPS) is 10.9. The lowest BCUT2D eigenvalue weighted by atomic mass is 10.1. The van der Waals surface area contributed by atoms with E-state index in [1.165, 1.54) is 10.6 Å². The van der Waals surface area contributed by atoms with Crippen LogP contribution in [-0.4, -0.2) is 16.7 Å². The van der Waals surface area contributed by atoms with E-state index in [1.54, 1.807) is 30.6 Å². The Labute approximate surface area is 161 Å². The van der Waals surface area contributed by atoms with E-state index in [-0.39, 0.29) is 11.1 Å². The molecule has 3 rings (SSSR count). The molecule has 0 fully saturated rings. The summed E-state index contributed by atoms with van der Waals surface area (Å²) in [6.45, 7) is 2.28. The average molecular weight is 380 g/mol. The van der Waals surface area contributed by atoms with Gasteiger partial charge in [-0.2, -0.15) is 5.10 Å². The van der Waals surface area contributed by atoms with Gasteiger partial charge in [-0.3, -0.25) is 9.59 Å². The number of pyridine rings is 1. The molecule has 0 aliphatic carbocycles. The molecule has 136 valence electrons. The summed E-state index contributed by atoms with van der Waals surface area (Å²) in [6, 6.07) is 18.1. The summed E-state index contributed by atoms with van der Waals surface area (Å²) < 4.78 is 1.46. The molecule has 3 aromatic rings. The standard InChI is InChI=1S/C21H18ClN3O2/c1-15-6-2-3-8-17(15)13-23-24-20(26)19-10-5-11-25(21(19)27)14-16-7-4-9-18(22)12-16/h2-13H,14H2,1H3,(H,24,26)/b23-13-. The maximum Gasteiger partial charge on any atom is 0.276 e. The van der Waals surface area contributed by atoms with Crippen molar-refractivity contribution in [3.05, 3.63) is 104 Å². The number of nitrogens with zero attached hydrogens (tertiary/aromatic N) is 2. The predicted octanol–water partition coefficient (Wildman–Crippen LogP) is 3.62. The zero-order chi connectivity index (χ0) is 19.2. The van der Waals surface area contributed by atoms with Crippen molar-refractivity contribution in [1.82, 2.24) is 9.99 Å². The van der Waals surface area contributed by atoms with Gasteiger partial charge in [-0.1, -0.05) is 48.0 Å². The molecular formula is C21H18ClN3O2. The molecule has 0 spiro atoms. The number of hydrogen-bond donors (Lipinski definition) is 1. The van der Waals surface area contributed by atoms with Crippen LogP contribution in [0.5, 0.6) is 0 Å². The van der Waals surface area contributed by atoms with Crippen LogP contribution in [-0.2, 0) is 6.54 Å². The maximum absolute atomic E-state index is 12.6. The molecule has 0 atom stereocenters. The monoisotopic (exact) mass is 379 g/mol. The van der Waals surface area contributed by atoms with Gasteiger partial charge in [0.05, 0.1) is 12.8 Å². The highest BCUT2D eigenvalue weighted by Crippen LogP contribution is 2.11. The first kappa shape index (κ1) is 18.6. The SMILES string of the molecule is Cc1ccccc1/C=N\NC(=O)c1cccn(Cc2cccc(Cl)c2)c1=O. The van der Waals surface area contributed by atoms with Gasteiger partial charge < -0.3 is 4.57 Å². The topological polar surface area (TPSA) is 63.5 Å². The molecule has 0 bridgehead atoms. The van der Waals surface area contributed by atoms with E-state index in [4.69, 9.17) is 11.6 Å². The Bertz CT molecular complexity index is 1060. The number of hydrogen-bond acceptors (Lipinski definition) is 3. The first-order chi connectivity index (χ1) is 13.0. The second-order valence-corrected chi connectivity index (χ2v) is 6.48. The number of benzene rings is 2. The lowest BCUT2D eigenvalue weighted by Crippen LogP contribution is -2.30. The molecule has 2 aromatic carbocycles. The third-order valence-corrected chi connectivity index (χ3v) is 4.30. The summed E-state index contributed by atoms with van der Waals surface area (Å²) in [7, 11) is 0. The van der Waals surface area contributed by atoms with Gasteiger partial charge in [0.2, 0.25) is 0 Å². The molecule has 0 radical (unpaired) electrons. The molecule has 0 aliphatic heterocycles. The highest BCUT2D eigenvalue weighted by Gasteiger charge is 2.11. The molecule has 0 saturated carbocycles. The third kappa shape index (κ3) is 4.71. The Kier molecular flexibility index (Phi) is 5.84. The number of aryl methyl sites for hydroxylation is 1. The van der Waals surface area contributed by atoms with Crippen LogP contribution in [0.25, 0.3) is 0 Å². The Morgan fingerprint density at radius 2 is 1.96 bits per heavy atom. The van der Waals surface area contributed by atoms with Crippen LogP contribution in [0, 0.1) is 6.92 Å². The zero-order valence-electron chi connectivity index (χ0n) is 14.7. The summed E-state index contributed by atoms with van der Waals surface area (Å²) in [5.41, 5.74) is 4.86. The number of carbonyl (C=O) groups is 1. The van der Waals surface area contributed by atoms with Crippen LogP contribution in [0.15, 0.2) is 76.8 Å². The molecular weight excluding hydrogens is 362 g/mol. The average Bonchev–Trinajstić information content (AvgIpc) is 2.65. The van der Waals surface area contributed by atoms with E-state index in [0.29, 0.717) is 11.6 Å². The molecule has 1 N–H and O–H groups in total. The highest BCUT2D eigenvalue weighted by molar-refractivity contribution is 6.30. The molecule has 5 nitrogen and oxygen atoms in total. The number of aromatic nitrogens is 1. The highest BCUT2D eigenvalue weighted by atomic mass is 35.5. The summed E-state index contributed by atoms with van der Waals surface area (Å²) >= 11 is 5.98.